The number of hydrogen-bond donors (Lipinski definition) is 0. The highest BCUT2D eigenvalue weighted by Crippen LogP contribution is 2.58. The molecule has 0 saturated carbocycles. The summed E-state index contributed by atoms with van der Waals surface area (Å²) in [6.45, 7) is 0. The maximum Gasteiger partial charge on any atom is 0.254 e. The van der Waals surface area contributed by atoms with Crippen molar-refractivity contribution in [2.24, 2.45) is 0 Å². The first-order valence-corrected chi connectivity index (χ1v) is 19.9. The Labute approximate surface area is 351 Å². The second kappa shape index (κ2) is 16.0. The Balaban J connectivity index is 1.54. The molecule has 8 aromatic carbocycles. The van der Waals surface area contributed by atoms with Gasteiger partial charge < -0.3 is 4.90 Å². The minimum Gasteiger partial charge on any atom is -0.309 e. The second-order valence-electron chi connectivity index (χ2n) is 14.5. The lowest BCUT2D eigenvalue weighted by Gasteiger charge is -2.35. The molecule has 0 bridgehead atoms. The molecular weight excluding hydrogens is 762 g/mol. The number of imidazole rings is 1. The molecule has 10 aromatic rings. The van der Waals surface area contributed by atoms with Crippen LogP contribution in [0.25, 0.3) is 72.7 Å². The van der Waals surface area contributed by atoms with Gasteiger partial charge in [-0.3, -0.25) is 4.57 Å². The van der Waals surface area contributed by atoms with Gasteiger partial charge in [0.15, 0.2) is 11.5 Å². The van der Waals surface area contributed by atoms with Gasteiger partial charge in [0.25, 0.3) is 5.95 Å². The van der Waals surface area contributed by atoms with Crippen LogP contribution in [-0.2, 0) is 0 Å². The molecule has 0 aliphatic carbocycles. The molecule has 0 aliphatic heterocycles. The number of halogens is 3. The summed E-state index contributed by atoms with van der Waals surface area (Å²) >= 11 is 0. The molecule has 0 N–H and O–H groups in total. The van der Waals surface area contributed by atoms with E-state index in [-0.39, 0.29) is 11.5 Å². The highest BCUT2D eigenvalue weighted by molar-refractivity contribution is 6.16. The van der Waals surface area contributed by atoms with Gasteiger partial charge in [-0.25, -0.2) is 9.37 Å². The molecule has 2 heterocycles. The SMILES string of the molecule is Fc1nc2c(nc(-c3c(-c4ccccc4)c(-c4ccccc4)c(N(c4ccccc4)c4ccccc4)c(-c4ccccc4)c3-c3ccccc3)n2-c2ccccc2)c(F)c1F. The number of aromatic nitrogens is 3. The van der Waals surface area contributed by atoms with Crippen LogP contribution < -0.4 is 4.90 Å². The van der Waals surface area contributed by atoms with Crippen LogP contribution >= 0.6 is 0 Å². The first kappa shape index (κ1) is 37.3. The summed E-state index contributed by atoms with van der Waals surface area (Å²) in [7, 11) is 0. The average Bonchev–Trinajstić information content (AvgIpc) is 3.71. The van der Waals surface area contributed by atoms with Crippen molar-refractivity contribution in [1.29, 1.82) is 0 Å². The molecule has 0 radical (unpaired) electrons. The van der Waals surface area contributed by atoms with Crippen molar-refractivity contribution in [3.05, 3.63) is 230 Å². The smallest absolute Gasteiger partial charge is 0.254 e. The summed E-state index contributed by atoms with van der Waals surface area (Å²) in [6.07, 6.45) is 0. The Hall–Kier alpha value is -8.03. The molecule has 0 aliphatic rings. The van der Waals surface area contributed by atoms with E-state index in [1.807, 2.05) is 140 Å². The van der Waals surface area contributed by atoms with Crippen molar-refractivity contribution >= 4 is 28.2 Å². The van der Waals surface area contributed by atoms with E-state index in [9.17, 15) is 0 Å². The lowest BCUT2D eigenvalue weighted by Crippen LogP contribution is -2.15. The van der Waals surface area contributed by atoms with Crippen LogP contribution in [0.4, 0.5) is 30.2 Å². The zero-order valence-electron chi connectivity index (χ0n) is 32.6. The van der Waals surface area contributed by atoms with E-state index in [0.717, 1.165) is 61.6 Å². The highest BCUT2D eigenvalue weighted by atomic mass is 19.2. The number of anilines is 3. The third kappa shape index (κ3) is 6.62. The van der Waals surface area contributed by atoms with Gasteiger partial charge >= 0.3 is 0 Å². The zero-order valence-corrected chi connectivity index (χ0v) is 32.6. The number of benzene rings is 8. The van der Waals surface area contributed by atoms with Gasteiger partial charge in [-0.2, -0.15) is 13.8 Å². The first-order chi connectivity index (χ1) is 30.1. The number of nitrogens with zero attached hydrogens (tertiary/aromatic N) is 4. The van der Waals surface area contributed by atoms with Crippen LogP contribution in [0.3, 0.4) is 0 Å². The highest BCUT2D eigenvalue weighted by Gasteiger charge is 2.35. The summed E-state index contributed by atoms with van der Waals surface area (Å²) < 4.78 is 48.5. The van der Waals surface area contributed by atoms with Gasteiger partial charge in [0.05, 0.1) is 5.69 Å². The van der Waals surface area contributed by atoms with E-state index in [0.29, 0.717) is 11.3 Å². The van der Waals surface area contributed by atoms with E-state index in [4.69, 9.17) is 4.98 Å². The third-order valence-electron chi connectivity index (χ3n) is 10.9. The van der Waals surface area contributed by atoms with Crippen molar-refractivity contribution in [2.75, 3.05) is 4.90 Å². The van der Waals surface area contributed by atoms with Crippen molar-refractivity contribution in [1.82, 2.24) is 14.5 Å². The molecule has 0 spiro atoms. The van der Waals surface area contributed by atoms with Crippen LogP contribution in [0.5, 0.6) is 0 Å². The molecule has 0 unspecified atom stereocenters. The van der Waals surface area contributed by atoms with Gasteiger partial charge in [0, 0.05) is 44.9 Å². The Bertz CT molecular complexity index is 2980. The molecule has 7 heteroatoms. The number of pyridine rings is 1. The topological polar surface area (TPSA) is 34.0 Å². The molecular formula is C54H35F3N4. The fourth-order valence-corrected chi connectivity index (χ4v) is 8.29. The van der Waals surface area contributed by atoms with E-state index in [1.54, 1.807) is 4.57 Å². The molecule has 0 amide bonds. The molecule has 0 fully saturated rings. The molecule has 4 nitrogen and oxygen atoms in total. The second-order valence-corrected chi connectivity index (χ2v) is 14.5. The van der Waals surface area contributed by atoms with E-state index in [2.05, 4.69) is 82.7 Å². The summed E-state index contributed by atoms with van der Waals surface area (Å²) in [5, 5.41) is 0. The predicted molar refractivity (Wildman–Crippen MR) is 241 cm³/mol. The average molecular weight is 797 g/mol. The molecule has 61 heavy (non-hydrogen) atoms. The Morgan fingerprint density at radius 2 is 0.721 bits per heavy atom. The number of hydrogen-bond acceptors (Lipinski definition) is 3. The van der Waals surface area contributed by atoms with Crippen LogP contribution in [0.1, 0.15) is 0 Å². The summed E-state index contributed by atoms with van der Waals surface area (Å²) in [5.74, 6) is -4.40. The lowest BCUT2D eigenvalue weighted by molar-refractivity contribution is 0.433. The Kier molecular flexibility index (Phi) is 9.75. The number of para-hydroxylation sites is 3. The van der Waals surface area contributed by atoms with E-state index in [1.165, 1.54) is 0 Å². The van der Waals surface area contributed by atoms with E-state index < -0.39 is 23.1 Å². The lowest BCUT2D eigenvalue weighted by atomic mass is 9.78. The standard InChI is InChI=1S/C54H35F3N4/c55-48-49(56)52(57)59-54-50(48)58-53(61(54)42-34-20-7-21-35-42)47-43(36-22-8-1-9-23-36)45(38-26-12-3-13-27-38)51(60(40-30-16-5-17-31-40)41-32-18-6-19-33-41)46(39-28-14-4-15-29-39)44(47)37-24-10-2-11-25-37/h1-35H. The monoisotopic (exact) mass is 796 g/mol. The summed E-state index contributed by atoms with van der Waals surface area (Å²) in [4.78, 5) is 11.4. The zero-order chi connectivity index (χ0) is 41.3. The minimum absolute atomic E-state index is 0.155. The van der Waals surface area contributed by atoms with Gasteiger partial charge in [-0.05, 0) is 58.7 Å². The van der Waals surface area contributed by atoms with Gasteiger partial charge in [-0.15, -0.1) is 0 Å². The quantitative estimate of drug-likeness (QED) is 0.136. The van der Waals surface area contributed by atoms with Gasteiger partial charge in [0.2, 0.25) is 5.82 Å². The van der Waals surface area contributed by atoms with Gasteiger partial charge in [0.1, 0.15) is 11.3 Å². The van der Waals surface area contributed by atoms with Crippen LogP contribution in [0.2, 0.25) is 0 Å². The van der Waals surface area contributed by atoms with E-state index >= 15 is 13.2 Å². The van der Waals surface area contributed by atoms with Crippen LogP contribution in [-0.4, -0.2) is 14.5 Å². The van der Waals surface area contributed by atoms with Crippen LogP contribution in [0, 0.1) is 17.6 Å². The van der Waals surface area contributed by atoms with Crippen molar-refractivity contribution in [2.45, 2.75) is 0 Å². The minimum atomic E-state index is -1.69. The fourth-order valence-electron chi connectivity index (χ4n) is 8.29. The Morgan fingerprint density at radius 3 is 1.13 bits per heavy atom. The predicted octanol–water partition coefficient (Wildman–Crippen LogP) is 14.6. The molecule has 2 aromatic heterocycles. The van der Waals surface area contributed by atoms with Crippen molar-refractivity contribution < 1.29 is 13.2 Å². The number of fused-ring (bicyclic) bond motifs is 1. The first-order valence-electron chi connectivity index (χ1n) is 19.9. The maximum absolute atomic E-state index is 16.2. The molecule has 0 atom stereocenters. The summed E-state index contributed by atoms with van der Waals surface area (Å²) in [5.41, 5.74) is 10.0. The molecule has 0 saturated heterocycles. The maximum atomic E-state index is 16.2. The molecule has 10 rings (SSSR count). The fraction of sp³-hybridized carbons (Fsp3) is 0. The van der Waals surface area contributed by atoms with Crippen LogP contribution in [0.15, 0.2) is 212 Å². The van der Waals surface area contributed by atoms with Gasteiger partial charge in [-0.1, -0.05) is 176 Å². The third-order valence-corrected chi connectivity index (χ3v) is 10.9. The molecule has 292 valence electrons. The largest absolute Gasteiger partial charge is 0.309 e. The van der Waals surface area contributed by atoms with Crippen molar-refractivity contribution in [3.8, 4) is 61.6 Å². The Morgan fingerprint density at radius 1 is 0.361 bits per heavy atom. The normalized spacial score (nSPS) is 11.2. The summed E-state index contributed by atoms with van der Waals surface area (Å²) in [6, 6.07) is 70.2. The number of rotatable bonds is 9. The van der Waals surface area contributed by atoms with Crippen molar-refractivity contribution in [3.63, 3.8) is 0 Å².